The quantitative estimate of drug-likeness (QED) is 0.198. The number of aryl methyl sites for hydroxylation is 1. The standard InChI is InChI=1S/C29H40ClN5O/c1-10-13-19(4)17-21(6)26(23(14-11-2)24(30)12-3)33-28(29(36)32-7)34-27(31)22-15-16-25(35(8)9)20(5)18-22/h10-18,27-28,34H,3,6,31H2,1-2,4-5,7-9H3,(H,32,36)/b13-10-,14-11-,19-17-,24-23-,33-26+. The van der Waals surface area contributed by atoms with Crippen LogP contribution in [-0.4, -0.2) is 38.9 Å². The van der Waals surface area contributed by atoms with Crippen molar-refractivity contribution in [2.24, 2.45) is 10.7 Å². The Hall–Kier alpha value is -3.19. The molecule has 194 valence electrons. The first-order valence-corrected chi connectivity index (χ1v) is 12.1. The van der Waals surface area contributed by atoms with E-state index >= 15 is 0 Å². The summed E-state index contributed by atoms with van der Waals surface area (Å²) in [5, 5.41) is 6.20. The van der Waals surface area contributed by atoms with Gasteiger partial charge in [-0.15, -0.1) is 0 Å². The largest absolute Gasteiger partial charge is 0.377 e. The van der Waals surface area contributed by atoms with E-state index in [1.165, 1.54) is 6.08 Å². The van der Waals surface area contributed by atoms with Crippen LogP contribution in [0.15, 0.2) is 94.6 Å². The molecule has 1 aromatic carbocycles. The lowest BCUT2D eigenvalue weighted by Crippen LogP contribution is -2.46. The van der Waals surface area contributed by atoms with Gasteiger partial charge in [0, 0.05) is 37.4 Å². The number of nitrogens with zero attached hydrogens (tertiary/aromatic N) is 2. The van der Waals surface area contributed by atoms with E-state index in [0.29, 0.717) is 21.9 Å². The van der Waals surface area contributed by atoms with Crippen molar-refractivity contribution in [1.82, 2.24) is 10.6 Å². The minimum absolute atomic E-state index is 0.346. The number of likely N-dealkylation sites (N-methyl/N-ethyl adjacent to an activating group) is 1. The summed E-state index contributed by atoms with van der Waals surface area (Å²) < 4.78 is 0. The molecule has 0 aliphatic rings. The van der Waals surface area contributed by atoms with Gasteiger partial charge >= 0.3 is 0 Å². The van der Waals surface area contributed by atoms with Gasteiger partial charge in [-0.1, -0.05) is 78.9 Å². The van der Waals surface area contributed by atoms with Gasteiger partial charge in [0.25, 0.3) is 5.91 Å². The number of rotatable bonds is 12. The normalized spacial score (nSPS) is 15.0. The molecule has 36 heavy (non-hydrogen) atoms. The van der Waals surface area contributed by atoms with E-state index in [1.807, 2.05) is 95.3 Å². The van der Waals surface area contributed by atoms with Gasteiger partial charge in [0.15, 0.2) is 6.17 Å². The Bertz CT molecular complexity index is 1110. The van der Waals surface area contributed by atoms with Gasteiger partial charge in [-0.2, -0.15) is 0 Å². The average Bonchev–Trinajstić information content (AvgIpc) is 2.83. The van der Waals surface area contributed by atoms with Crippen LogP contribution in [-0.2, 0) is 4.79 Å². The second kappa shape index (κ2) is 15.0. The number of anilines is 1. The van der Waals surface area contributed by atoms with Gasteiger partial charge in [-0.3, -0.25) is 15.1 Å². The summed E-state index contributed by atoms with van der Waals surface area (Å²) in [6.07, 6.45) is 9.33. The minimum Gasteiger partial charge on any atom is -0.377 e. The maximum atomic E-state index is 12.9. The van der Waals surface area contributed by atoms with Crippen LogP contribution in [0.2, 0.25) is 0 Å². The maximum absolute atomic E-state index is 12.9. The van der Waals surface area contributed by atoms with Crippen LogP contribution >= 0.6 is 11.6 Å². The lowest BCUT2D eigenvalue weighted by molar-refractivity contribution is -0.122. The van der Waals surface area contributed by atoms with Crippen LogP contribution < -0.4 is 21.3 Å². The van der Waals surface area contributed by atoms with E-state index in [4.69, 9.17) is 22.3 Å². The number of carbonyl (C=O) groups excluding carboxylic acids is 1. The zero-order chi connectivity index (χ0) is 27.4. The molecule has 1 amide bonds. The topological polar surface area (TPSA) is 82.8 Å². The van der Waals surface area contributed by atoms with E-state index in [1.54, 1.807) is 7.05 Å². The number of halogens is 1. The van der Waals surface area contributed by atoms with E-state index in [9.17, 15) is 4.79 Å². The molecule has 4 N–H and O–H groups in total. The fourth-order valence-corrected chi connectivity index (χ4v) is 3.76. The third kappa shape index (κ3) is 8.79. The van der Waals surface area contributed by atoms with E-state index in [0.717, 1.165) is 22.4 Å². The Balaban J connectivity index is 3.63. The van der Waals surface area contributed by atoms with Crippen LogP contribution in [0, 0.1) is 6.92 Å². The van der Waals surface area contributed by atoms with Gasteiger partial charge < -0.3 is 16.0 Å². The maximum Gasteiger partial charge on any atom is 0.259 e. The SMILES string of the molecule is C=C/C(Cl)=C(\C=C/C)C(=N/C(NC(N)c1ccc(N(C)C)c(C)c1)C(=O)NC)/C(=C)/C=C(C)\C=C/C. The van der Waals surface area contributed by atoms with Crippen LogP contribution in [0.3, 0.4) is 0 Å². The molecule has 2 unspecified atom stereocenters. The number of nitrogens with two attached hydrogens (primary N) is 1. The Labute approximate surface area is 221 Å². The van der Waals surface area contributed by atoms with Crippen LogP contribution in [0.25, 0.3) is 0 Å². The van der Waals surface area contributed by atoms with Gasteiger partial charge in [0.2, 0.25) is 0 Å². The van der Waals surface area contributed by atoms with Crippen LogP contribution in [0.1, 0.15) is 38.1 Å². The number of hydrogen-bond acceptors (Lipinski definition) is 5. The van der Waals surface area contributed by atoms with Crippen molar-refractivity contribution >= 4 is 28.9 Å². The van der Waals surface area contributed by atoms with Crippen molar-refractivity contribution in [1.29, 1.82) is 0 Å². The number of benzene rings is 1. The number of allylic oxidation sites excluding steroid dienone is 10. The Morgan fingerprint density at radius 2 is 1.86 bits per heavy atom. The fraction of sp³-hybridized carbons (Fsp3) is 0.310. The van der Waals surface area contributed by atoms with E-state index in [2.05, 4.69) is 23.8 Å². The highest BCUT2D eigenvalue weighted by atomic mass is 35.5. The molecule has 0 heterocycles. The summed E-state index contributed by atoms with van der Waals surface area (Å²) >= 11 is 6.51. The summed E-state index contributed by atoms with van der Waals surface area (Å²) in [4.78, 5) is 19.7. The van der Waals surface area contributed by atoms with Gasteiger partial charge in [0.1, 0.15) is 0 Å². The van der Waals surface area contributed by atoms with Crippen molar-refractivity contribution in [2.75, 3.05) is 26.0 Å². The molecule has 1 aromatic rings. The molecular formula is C29H40ClN5O. The average molecular weight is 510 g/mol. The predicted molar refractivity (Wildman–Crippen MR) is 156 cm³/mol. The highest BCUT2D eigenvalue weighted by Gasteiger charge is 2.23. The number of amides is 1. The van der Waals surface area contributed by atoms with E-state index < -0.39 is 12.3 Å². The molecule has 0 fully saturated rings. The second-order valence-electron chi connectivity index (χ2n) is 8.46. The minimum atomic E-state index is -1.00. The highest BCUT2D eigenvalue weighted by molar-refractivity contribution is 6.35. The first kappa shape index (κ1) is 30.8. The summed E-state index contributed by atoms with van der Waals surface area (Å²) in [5.41, 5.74) is 12.1. The first-order valence-electron chi connectivity index (χ1n) is 11.7. The highest BCUT2D eigenvalue weighted by Crippen LogP contribution is 2.23. The van der Waals surface area contributed by atoms with Crippen LogP contribution in [0.5, 0.6) is 0 Å². The molecule has 0 spiro atoms. The Morgan fingerprint density at radius 1 is 1.22 bits per heavy atom. The molecule has 0 saturated carbocycles. The lowest BCUT2D eigenvalue weighted by Gasteiger charge is -2.23. The lowest BCUT2D eigenvalue weighted by atomic mass is 10.00. The van der Waals surface area contributed by atoms with Gasteiger partial charge in [-0.25, -0.2) is 0 Å². The molecule has 0 saturated heterocycles. The second-order valence-corrected chi connectivity index (χ2v) is 8.87. The van der Waals surface area contributed by atoms with Gasteiger partial charge in [-0.05, 0) is 50.5 Å². The zero-order valence-corrected chi connectivity index (χ0v) is 23.3. The molecule has 0 aromatic heterocycles. The third-order valence-electron chi connectivity index (χ3n) is 5.31. The molecule has 0 aliphatic heterocycles. The molecule has 0 aliphatic carbocycles. The zero-order valence-electron chi connectivity index (χ0n) is 22.5. The molecule has 2 atom stereocenters. The molecular weight excluding hydrogens is 470 g/mol. The number of nitrogens with one attached hydrogen (secondary N) is 2. The van der Waals surface area contributed by atoms with Crippen molar-refractivity contribution in [3.63, 3.8) is 0 Å². The number of aliphatic imine (C=N–C) groups is 1. The number of hydrogen-bond donors (Lipinski definition) is 3. The smallest absolute Gasteiger partial charge is 0.259 e. The summed E-state index contributed by atoms with van der Waals surface area (Å²) in [7, 11) is 5.53. The van der Waals surface area contributed by atoms with Crippen molar-refractivity contribution in [2.45, 2.75) is 40.0 Å². The van der Waals surface area contributed by atoms with Crippen molar-refractivity contribution in [3.05, 3.63) is 101 Å². The Morgan fingerprint density at radius 3 is 2.36 bits per heavy atom. The summed E-state index contributed by atoms with van der Waals surface area (Å²) in [5.74, 6) is -0.346. The fourth-order valence-electron chi connectivity index (χ4n) is 3.61. The molecule has 0 bridgehead atoms. The third-order valence-corrected chi connectivity index (χ3v) is 5.67. The van der Waals surface area contributed by atoms with Crippen LogP contribution in [0.4, 0.5) is 5.69 Å². The number of carbonyl (C=O) groups is 1. The monoisotopic (exact) mass is 509 g/mol. The predicted octanol–water partition coefficient (Wildman–Crippen LogP) is 5.45. The summed E-state index contributed by atoms with van der Waals surface area (Å²) in [6.45, 7) is 15.8. The van der Waals surface area contributed by atoms with Crippen molar-refractivity contribution < 1.29 is 4.79 Å². The molecule has 7 heteroatoms. The first-order chi connectivity index (χ1) is 17.0. The molecule has 1 rings (SSSR count). The molecule has 0 radical (unpaired) electrons. The van der Waals surface area contributed by atoms with Gasteiger partial charge in [0.05, 0.1) is 11.9 Å². The Kier molecular flexibility index (Phi) is 12.9. The van der Waals surface area contributed by atoms with E-state index in [-0.39, 0.29) is 5.91 Å². The van der Waals surface area contributed by atoms with Crippen molar-refractivity contribution in [3.8, 4) is 0 Å². The molecule has 6 nitrogen and oxygen atoms in total. The summed E-state index contributed by atoms with van der Waals surface area (Å²) in [6, 6.07) is 5.94.